The van der Waals surface area contributed by atoms with Gasteiger partial charge in [0.1, 0.15) is 6.29 Å². The number of carbonyl (C=O) groups is 1. The van der Waals surface area contributed by atoms with E-state index >= 15 is 0 Å². The highest BCUT2D eigenvalue weighted by atomic mass is 16.5. The summed E-state index contributed by atoms with van der Waals surface area (Å²) in [6.45, 7) is 0. The van der Waals surface area contributed by atoms with Gasteiger partial charge in [-0.05, 0) is 0 Å². The van der Waals surface area contributed by atoms with Gasteiger partial charge in [0.05, 0.1) is 0 Å². The summed E-state index contributed by atoms with van der Waals surface area (Å²) in [6.07, 6.45) is -0.314. The van der Waals surface area contributed by atoms with Crippen molar-refractivity contribution in [2.75, 3.05) is 0 Å². The zero-order chi connectivity index (χ0) is 5.70. The molecule has 0 aromatic heterocycles. The lowest BCUT2D eigenvalue weighted by atomic mass is 10.3. The summed E-state index contributed by atoms with van der Waals surface area (Å²) < 4.78 is 0. The van der Waals surface area contributed by atoms with Gasteiger partial charge in [0, 0.05) is 12.8 Å². The number of aliphatic hydroxyl groups is 2. The summed E-state index contributed by atoms with van der Waals surface area (Å²) in [5.41, 5.74) is 0. The van der Waals surface area contributed by atoms with Gasteiger partial charge in [0.15, 0.2) is 6.29 Å². The molecule has 0 rings (SSSR count). The van der Waals surface area contributed by atoms with Gasteiger partial charge in [-0.3, -0.25) is 0 Å². The van der Waals surface area contributed by atoms with Crippen LogP contribution in [0.4, 0.5) is 0 Å². The third kappa shape index (κ3) is 5.59. The third-order valence-electron chi connectivity index (χ3n) is 0.543. The molecule has 0 aromatic rings. The van der Waals surface area contributed by atoms with Crippen molar-refractivity contribution in [3.63, 3.8) is 0 Å². The lowest BCUT2D eigenvalue weighted by Gasteiger charge is -1.94. The smallest absolute Gasteiger partial charge is 0.151 e. The van der Waals surface area contributed by atoms with Crippen LogP contribution in [0.2, 0.25) is 0 Å². The fourth-order valence-electron chi connectivity index (χ4n) is 0.217. The summed E-state index contributed by atoms with van der Waals surface area (Å²) in [4.78, 5) is 9.49. The van der Waals surface area contributed by atoms with Crippen molar-refractivity contribution < 1.29 is 15.0 Å². The van der Waals surface area contributed by atoms with Gasteiger partial charge < -0.3 is 15.0 Å². The highest BCUT2D eigenvalue weighted by Crippen LogP contribution is 1.87. The van der Waals surface area contributed by atoms with E-state index in [9.17, 15) is 4.79 Å². The minimum atomic E-state index is -1.33. The van der Waals surface area contributed by atoms with E-state index in [0.717, 1.165) is 0 Å². The Hall–Kier alpha value is -0.410. The first kappa shape index (κ1) is 6.59. The molecular weight excluding hydrogens is 96.0 g/mol. The summed E-state index contributed by atoms with van der Waals surface area (Å²) >= 11 is 0. The molecule has 0 saturated heterocycles. The number of carbonyl (C=O) groups excluding carboxylic acids is 1. The van der Waals surface area contributed by atoms with E-state index in [1.54, 1.807) is 0 Å². The molecule has 0 heterocycles. The third-order valence-corrected chi connectivity index (χ3v) is 0.543. The summed E-state index contributed by atoms with van der Waals surface area (Å²) in [6, 6.07) is 0. The van der Waals surface area contributed by atoms with Crippen LogP contribution in [0.15, 0.2) is 0 Å². The van der Waals surface area contributed by atoms with Crippen LogP contribution >= 0.6 is 0 Å². The van der Waals surface area contributed by atoms with Gasteiger partial charge in [-0.15, -0.1) is 0 Å². The van der Waals surface area contributed by atoms with E-state index in [1.807, 2.05) is 0 Å². The second-order valence-corrected chi connectivity index (χ2v) is 1.22. The number of rotatable bonds is 3. The van der Waals surface area contributed by atoms with Crippen LogP contribution in [-0.2, 0) is 4.79 Å². The summed E-state index contributed by atoms with van der Waals surface area (Å²) in [5, 5.41) is 16.2. The molecule has 0 spiro atoms. The van der Waals surface area contributed by atoms with Gasteiger partial charge in [0.2, 0.25) is 0 Å². The molecule has 0 aliphatic rings. The second-order valence-electron chi connectivity index (χ2n) is 1.22. The van der Waals surface area contributed by atoms with Crippen LogP contribution in [0.25, 0.3) is 0 Å². The Morgan fingerprint density at radius 2 is 2.14 bits per heavy atom. The van der Waals surface area contributed by atoms with E-state index < -0.39 is 6.29 Å². The number of hydrogen-bond donors (Lipinski definition) is 2. The molecule has 0 radical (unpaired) electrons. The van der Waals surface area contributed by atoms with Crippen LogP contribution in [0.1, 0.15) is 12.8 Å². The van der Waals surface area contributed by atoms with Crippen LogP contribution in [0, 0.1) is 0 Å². The van der Waals surface area contributed by atoms with Gasteiger partial charge in [-0.1, -0.05) is 0 Å². The van der Waals surface area contributed by atoms with Crippen molar-refractivity contribution in [2.24, 2.45) is 0 Å². The molecule has 3 nitrogen and oxygen atoms in total. The maximum Gasteiger partial charge on any atom is 0.151 e. The Morgan fingerprint density at radius 3 is 2.29 bits per heavy atom. The average molecular weight is 104 g/mol. The van der Waals surface area contributed by atoms with Crippen molar-refractivity contribution in [3.05, 3.63) is 0 Å². The quantitative estimate of drug-likeness (QED) is 0.367. The van der Waals surface area contributed by atoms with E-state index in [2.05, 4.69) is 0 Å². The zero-order valence-electron chi connectivity index (χ0n) is 3.87. The Bertz CT molecular complexity index is 50.9. The predicted octanol–water partition coefficient (Wildman–Crippen LogP) is -0.724. The summed E-state index contributed by atoms with van der Waals surface area (Å²) in [7, 11) is 0. The van der Waals surface area contributed by atoms with Gasteiger partial charge in [0.25, 0.3) is 0 Å². The number of aliphatic hydroxyl groups excluding tert-OH is 1. The molecule has 0 unspecified atom stereocenters. The molecule has 42 valence electrons. The standard InChI is InChI=1S/C4H8O3/c5-3-1-2-4(6)7/h3-4,6-7H,1-2H2. The van der Waals surface area contributed by atoms with E-state index in [-0.39, 0.29) is 12.8 Å². The molecule has 0 aliphatic heterocycles. The largest absolute Gasteiger partial charge is 0.368 e. The van der Waals surface area contributed by atoms with E-state index in [1.165, 1.54) is 0 Å². The molecule has 2 N–H and O–H groups in total. The lowest BCUT2D eigenvalue weighted by Crippen LogP contribution is -2.02. The van der Waals surface area contributed by atoms with Gasteiger partial charge in [-0.2, -0.15) is 0 Å². The number of hydrogen-bond acceptors (Lipinski definition) is 3. The van der Waals surface area contributed by atoms with Gasteiger partial charge >= 0.3 is 0 Å². The Labute approximate surface area is 41.6 Å². The first-order chi connectivity index (χ1) is 3.27. The molecule has 0 fully saturated rings. The molecule has 0 aliphatic carbocycles. The molecule has 3 heteroatoms. The van der Waals surface area contributed by atoms with Crippen molar-refractivity contribution in [2.45, 2.75) is 19.1 Å². The molecular formula is C4H8O3. The minimum Gasteiger partial charge on any atom is -0.368 e. The van der Waals surface area contributed by atoms with E-state index in [4.69, 9.17) is 10.2 Å². The van der Waals surface area contributed by atoms with Crippen molar-refractivity contribution in [3.8, 4) is 0 Å². The van der Waals surface area contributed by atoms with Crippen molar-refractivity contribution in [1.29, 1.82) is 0 Å². The molecule has 0 amide bonds. The molecule has 0 aromatic carbocycles. The van der Waals surface area contributed by atoms with Crippen molar-refractivity contribution >= 4 is 6.29 Å². The van der Waals surface area contributed by atoms with E-state index in [0.29, 0.717) is 6.29 Å². The minimum absolute atomic E-state index is 0.142. The van der Waals surface area contributed by atoms with Crippen molar-refractivity contribution in [1.82, 2.24) is 0 Å². The predicted molar refractivity (Wildman–Crippen MR) is 23.5 cm³/mol. The average Bonchev–Trinajstić information content (AvgIpc) is 1.61. The Balaban J connectivity index is 2.81. The van der Waals surface area contributed by atoms with Crippen LogP contribution in [0.5, 0.6) is 0 Å². The Morgan fingerprint density at radius 1 is 1.57 bits per heavy atom. The highest BCUT2D eigenvalue weighted by molar-refractivity contribution is 5.48. The maximum atomic E-state index is 9.49. The Kier molecular flexibility index (Phi) is 3.55. The molecule has 7 heavy (non-hydrogen) atoms. The monoisotopic (exact) mass is 104 g/mol. The van der Waals surface area contributed by atoms with Crippen LogP contribution < -0.4 is 0 Å². The first-order valence-electron chi connectivity index (χ1n) is 2.07. The van der Waals surface area contributed by atoms with Gasteiger partial charge in [-0.25, -0.2) is 0 Å². The SMILES string of the molecule is O=CCCC(O)O. The number of aldehydes is 1. The fraction of sp³-hybridized carbons (Fsp3) is 0.750. The maximum absolute atomic E-state index is 9.49. The molecule has 0 bridgehead atoms. The lowest BCUT2D eigenvalue weighted by molar-refractivity contribution is -0.110. The highest BCUT2D eigenvalue weighted by Gasteiger charge is 1.92. The van der Waals surface area contributed by atoms with Crippen LogP contribution in [0.3, 0.4) is 0 Å². The normalized spacial score (nSPS) is 9.57. The topological polar surface area (TPSA) is 57.5 Å². The second kappa shape index (κ2) is 3.77. The molecule has 0 atom stereocenters. The zero-order valence-corrected chi connectivity index (χ0v) is 3.87. The van der Waals surface area contributed by atoms with Crippen LogP contribution in [-0.4, -0.2) is 22.8 Å². The fourth-order valence-corrected chi connectivity index (χ4v) is 0.217. The molecule has 0 saturated carbocycles. The summed E-state index contributed by atoms with van der Waals surface area (Å²) in [5.74, 6) is 0. The first-order valence-corrected chi connectivity index (χ1v) is 2.07.